The van der Waals surface area contributed by atoms with E-state index in [0.717, 1.165) is 31.0 Å². The average molecular weight is 336 g/mol. The quantitative estimate of drug-likeness (QED) is 0.787. The number of nitrogens with zero attached hydrogens (tertiary/aromatic N) is 3. The summed E-state index contributed by atoms with van der Waals surface area (Å²) >= 11 is 3.40. The predicted molar refractivity (Wildman–Crippen MR) is 73.1 cm³/mol. The van der Waals surface area contributed by atoms with Gasteiger partial charge in [0.2, 0.25) is 0 Å². The van der Waals surface area contributed by atoms with E-state index in [1.165, 1.54) is 10.9 Å². The van der Waals surface area contributed by atoms with Crippen molar-refractivity contribution in [2.75, 3.05) is 11.9 Å². The van der Waals surface area contributed by atoms with Gasteiger partial charge in [-0.15, -0.1) is 0 Å². The van der Waals surface area contributed by atoms with Crippen LogP contribution in [0.5, 0.6) is 0 Å². The molecule has 0 aromatic carbocycles. The van der Waals surface area contributed by atoms with Crippen LogP contribution in [0, 0.1) is 0 Å². The molecule has 0 amide bonds. The summed E-state index contributed by atoms with van der Waals surface area (Å²) in [6.07, 6.45) is 5.38. The maximum absolute atomic E-state index is 12.6. The van der Waals surface area contributed by atoms with Gasteiger partial charge in [0.05, 0.1) is 6.20 Å². The third-order valence-corrected chi connectivity index (χ3v) is 5.85. The van der Waals surface area contributed by atoms with Crippen molar-refractivity contribution in [1.82, 2.24) is 14.1 Å². The monoisotopic (exact) mass is 335 g/mol. The first-order valence-electron chi connectivity index (χ1n) is 6.13. The van der Waals surface area contributed by atoms with E-state index < -0.39 is 10.0 Å². The highest BCUT2D eigenvalue weighted by Crippen LogP contribution is 2.27. The number of hydrogen-bond donors (Lipinski definition) is 0. The Morgan fingerprint density at radius 2 is 2.28 bits per heavy atom. The fourth-order valence-corrected chi connectivity index (χ4v) is 4.80. The molecule has 1 aliphatic heterocycles. The first kappa shape index (κ1) is 14.0. The Balaban J connectivity index is 2.30. The molecule has 0 spiro atoms. The molecule has 0 radical (unpaired) electrons. The van der Waals surface area contributed by atoms with E-state index in [1.54, 1.807) is 17.4 Å². The molecule has 5 nitrogen and oxygen atoms in total. The number of sulfonamides is 1. The van der Waals surface area contributed by atoms with E-state index in [0.29, 0.717) is 6.54 Å². The molecule has 2 rings (SSSR count). The molecule has 1 aliphatic rings. The van der Waals surface area contributed by atoms with Crippen molar-refractivity contribution < 1.29 is 8.42 Å². The van der Waals surface area contributed by atoms with Crippen LogP contribution < -0.4 is 0 Å². The first-order chi connectivity index (χ1) is 8.57. The van der Waals surface area contributed by atoms with Crippen molar-refractivity contribution in [3.05, 3.63) is 12.3 Å². The van der Waals surface area contributed by atoms with Crippen molar-refractivity contribution >= 4 is 26.0 Å². The molecule has 1 aromatic heterocycles. The van der Waals surface area contributed by atoms with Gasteiger partial charge in [-0.3, -0.25) is 4.68 Å². The van der Waals surface area contributed by atoms with Gasteiger partial charge >= 0.3 is 0 Å². The minimum atomic E-state index is -3.41. The zero-order valence-corrected chi connectivity index (χ0v) is 12.8. The molecule has 1 unspecified atom stereocenters. The van der Waals surface area contributed by atoms with Gasteiger partial charge in [-0.2, -0.15) is 9.40 Å². The van der Waals surface area contributed by atoms with Crippen LogP contribution in [0.25, 0.3) is 0 Å². The Labute approximate surface area is 116 Å². The summed E-state index contributed by atoms with van der Waals surface area (Å²) in [5, 5.41) is 5.06. The lowest BCUT2D eigenvalue weighted by Crippen LogP contribution is -2.44. The molecule has 1 aromatic rings. The van der Waals surface area contributed by atoms with Crippen LogP contribution in [-0.4, -0.2) is 40.4 Å². The van der Waals surface area contributed by atoms with Crippen molar-refractivity contribution in [2.45, 2.75) is 36.8 Å². The minimum Gasteiger partial charge on any atom is -0.256 e. The maximum atomic E-state index is 12.6. The molecular weight excluding hydrogens is 318 g/mol. The number of alkyl halides is 1. The van der Waals surface area contributed by atoms with Gasteiger partial charge in [-0.1, -0.05) is 22.4 Å². The van der Waals surface area contributed by atoms with Crippen LogP contribution in [-0.2, 0) is 17.1 Å². The maximum Gasteiger partial charge on any atom is 0.260 e. The van der Waals surface area contributed by atoms with E-state index in [1.807, 2.05) is 0 Å². The second-order valence-electron chi connectivity index (χ2n) is 4.54. The molecular formula is C11H18BrN3O2S. The summed E-state index contributed by atoms with van der Waals surface area (Å²) in [6.45, 7) is 0.616. The van der Waals surface area contributed by atoms with E-state index in [-0.39, 0.29) is 11.1 Å². The van der Waals surface area contributed by atoms with Crippen molar-refractivity contribution in [3.8, 4) is 0 Å². The highest BCUT2D eigenvalue weighted by Gasteiger charge is 2.34. The van der Waals surface area contributed by atoms with Crippen molar-refractivity contribution in [3.63, 3.8) is 0 Å². The fourth-order valence-electron chi connectivity index (χ4n) is 2.44. The highest BCUT2D eigenvalue weighted by molar-refractivity contribution is 9.09. The molecule has 1 saturated heterocycles. The molecule has 0 N–H and O–H groups in total. The van der Waals surface area contributed by atoms with Gasteiger partial charge in [-0.25, -0.2) is 8.42 Å². The summed E-state index contributed by atoms with van der Waals surface area (Å²) in [5.41, 5.74) is 0. The predicted octanol–water partition coefficient (Wildman–Crippen LogP) is 1.75. The van der Waals surface area contributed by atoms with Gasteiger partial charge in [0.1, 0.15) is 0 Å². The van der Waals surface area contributed by atoms with Crippen LogP contribution in [0.2, 0.25) is 0 Å². The Morgan fingerprint density at radius 3 is 2.89 bits per heavy atom. The van der Waals surface area contributed by atoms with E-state index in [2.05, 4.69) is 21.0 Å². The van der Waals surface area contributed by atoms with Crippen molar-refractivity contribution in [2.24, 2.45) is 7.05 Å². The Hall–Kier alpha value is -0.400. The summed E-state index contributed by atoms with van der Waals surface area (Å²) in [5.74, 6) is 0. The fraction of sp³-hybridized carbons (Fsp3) is 0.727. The molecule has 0 bridgehead atoms. The smallest absolute Gasteiger partial charge is 0.256 e. The zero-order valence-electron chi connectivity index (χ0n) is 10.4. The standard InChI is InChI=1S/C11H18BrN3O2S/c1-14-11(6-8-13-14)18(16,17)15-9-3-2-4-10(15)5-7-12/h6,8,10H,2-5,7,9H2,1H3. The van der Waals surface area contributed by atoms with Gasteiger partial charge in [0, 0.05) is 25.0 Å². The zero-order chi connectivity index (χ0) is 13.2. The van der Waals surface area contributed by atoms with Gasteiger partial charge in [0.25, 0.3) is 10.0 Å². The molecule has 1 fully saturated rings. The number of aromatic nitrogens is 2. The average Bonchev–Trinajstić information content (AvgIpc) is 2.77. The van der Waals surface area contributed by atoms with Crippen LogP contribution in [0.15, 0.2) is 17.3 Å². The van der Waals surface area contributed by atoms with E-state index >= 15 is 0 Å². The first-order valence-corrected chi connectivity index (χ1v) is 8.69. The highest BCUT2D eigenvalue weighted by atomic mass is 79.9. The third-order valence-electron chi connectivity index (χ3n) is 3.36. The normalized spacial score (nSPS) is 22.2. The SMILES string of the molecule is Cn1nccc1S(=O)(=O)N1CCCCC1CCBr. The summed E-state index contributed by atoms with van der Waals surface area (Å²) in [7, 11) is -1.74. The van der Waals surface area contributed by atoms with Crippen LogP contribution >= 0.6 is 15.9 Å². The molecule has 102 valence electrons. The second kappa shape index (κ2) is 5.71. The summed E-state index contributed by atoms with van der Waals surface area (Å²) < 4.78 is 28.3. The number of aryl methyl sites for hydroxylation is 1. The van der Waals surface area contributed by atoms with E-state index in [9.17, 15) is 8.42 Å². The lowest BCUT2D eigenvalue weighted by molar-refractivity contribution is 0.246. The van der Waals surface area contributed by atoms with Gasteiger partial charge < -0.3 is 0 Å². The molecule has 18 heavy (non-hydrogen) atoms. The van der Waals surface area contributed by atoms with Crippen LogP contribution in [0.3, 0.4) is 0 Å². The third kappa shape index (κ3) is 2.62. The largest absolute Gasteiger partial charge is 0.260 e. The minimum absolute atomic E-state index is 0.109. The second-order valence-corrected chi connectivity index (χ2v) is 7.17. The Morgan fingerprint density at radius 1 is 1.50 bits per heavy atom. The number of rotatable bonds is 4. The Kier molecular flexibility index (Phi) is 4.45. The van der Waals surface area contributed by atoms with Crippen molar-refractivity contribution in [1.29, 1.82) is 0 Å². The van der Waals surface area contributed by atoms with Gasteiger partial charge in [0.15, 0.2) is 5.03 Å². The topological polar surface area (TPSA) is 55.2 Å². The van der Waals surface area contributed by atoms with E-state index in [4.69, 9.17) is 0 Å². The number of hydrogen-bond acceptors (Lipinski definition) is 3. The molecule has 0 saturated carbocycles. The molecule has 1 atom stereocenters. The molecule has 0 aliphatic carbocycles. The van der Waals surface area contributed by atoms with Gasteiger partial charge in [-0.05, 0) is 25.3 Å². The lowest BCUT2D eigenvalue weighted by atomic mass is 10.0. The number of piperidine rings is 1. The molecule has 7 heteroatoms. The Bertz CT molecular complexity index is 498. The summed E-state index contributed by atoms with van der Waals surface area (Å²) in [6, 6.07) is 1.67. The van der Waals surface area contributed by atoms with Crippen LogP contribution in [0.4, 0.5) is 0 Å². The number of halogens is 1. The summed E-state index contributed by atoms with van der Waals surface area (Å²) in [4.78, 5) is 0. The molecule has 2 heterocycles. The lowest BCUT2D eigenvalue weighted by Gasteiger charge is -2.34. The van der Waals surface area contributed by atoms with Crippen LogP contribution in [0.1, 0.15) is 25.7 Å².